The third-order valence-corrected chi connectivity index (χ3v) is 3.03. The van der Waals surface area contributed by atoms with Crippen LogP contribution in [0.15, 0.2) is 6.33 Å². The quantitative estimate of drug-likeness (QED) is 0.782. The van der Waals surface area contributed by atoms with Crippen molar-refractivity contribution >= 4 is 0 Å². The zero-order valence-electron chi connectivity index (χ0n) is 9.08. The summed E-state index contributed by atoms with van der Waals surface area (Å²) in [5, 5.41) is 3.17. The van der Waals surface area contributed by atoms with E-state index < -0.39 is 0 Å². The van der Waals surface area contributed by atoms with Crippen molar-refractivity contribution in [2.24, 2.45) is 5.92 Å². The summed E-state index contributed by atoms with van der Waals surface area (Å²) in [6.07, 6.45) is 5.60. The summed E-state index contributed by atoms with van der Waals surface area (Å²) < 4.78 is 2.33. The minimum Gasteiger partial charge on any atom is -0.334 e. The molecule has 2 rings (SSSR count). The Morgan fingerprint density at radius 3 is 3.29 bits per heavy atom. The number of nitrogens with one attached hydrogen (secondary N) is 1. The van der Waals surface area contributed by atoms with Crippen LogP contribution in [0.1, 0.15) is 24.7 Å². The van der Waals surface area contributed by atoms with Gasteiger partial charge in [0.1, 0.15) is 0 Å². The van der Waals surface area contributed by atoms with E-state index in [0.29, 0.717) is 0 Å². The highest BCUT2D eigenvalue weighted by atomic mass is 15.1. The summed E-state index contributed by atoms with van der Waals surface area (Å²) in [7, 11) is 1.99. The van der Waals surface area contributed by atoms with Crippen LogP contribution in [0.4, 0.5) is 0 Å². The van der Waals surface area contributed by atoms with E-state index in [-0.39, 0.29) is 0 Å². The molecular weight excluding hydrogens is 174 g/mol. The molecule has 0 saturated heterocycles. The minimum absolute atomic E-state index is 0.814. The number of hydrogen-bond acceptors (Lipinski definition) is 2. The summed E-state index contributed by atoms with van der Waals surface area (Å²) in [5.74, 6) is 0.814. The standard InChI is InChI=1S/C11H19N3/c1-9-3-4-11-10(5-6-12-2)13-8-14(11)7-9/h8-9,12H,3-7H2,1-2H3. The Labute approximate surface area is 85.5 Å². The molecule has 1 N–H and O–H groups in total. The number of imidazole rings is 1. The minimum atomic E-state index is 0.814. The fourth-order valence-electron chi connectivity index (χ4n) is 2.16. The van der Waals surface area contributed by atoms with E-state index in [9.17, 15) is 0 Å². The van der Waals surface area contributed by atoms with Gasteiger partial charge in [-0.15, -0.1) is 0 Å². The number of hydrogen-bond donors (Lipinski definition) is 1. The number of fused-ring (bicyclic) bond motifs is 1. The molecule has 0 amide bonds. The van der Waals surface area contributed by atoms with E-state index in [1.54, 1.807) is 0 Å². The molecule has 0 fully saturated rings. The maximum absolute atomic E-state index is 4.49. The van der Waals surface area contributed by atoms with E-state index >= 15 is 0 Å². The van der Waals surface area contributed by atoms with Gasteiger partial charge < -0.3 is 9.88 Å². The van der Waals surface area contributed by atoms with E-state index in [2.05, 4.69) is 21.8 Å². The molecule has 0 radical (unpaired) electrons. The molecule has 0 saturated carbocycles. The van der Waals surface area contributed by atoms with Crippen molar-refractivity contribution in [3.63, 3.8) is 0 Å². The SMILES string of the molecule is CNCCc1ncn2c1CCC(C)C2. The van der Waals surface area contributed by atoms with Crippen LogP contribution >= 0.6 is 0 Å². The van der Waals surface area contributed by atoms with Gasteiger partial charge >= 0.3 is 0 Å². The molecule has 1 aliphatic rings. The van der Waals surface area contributed by atoms with Gasteiger partial charge in [-0.3, -0.25) is 0 Å². The lowest BCUT2D eigenvalue weighted by Crippen LogP contribution is -2.19. The summed E-state index contributed by atoms with van der Waals surface area (Å²) >= 11 is 0. The van der Waals surface area contributed by atoms with E-state index in [1.165, 1.54) is 24.2 Å². The molecule has 0 aliphatic carbocycles. The molecule has 3 nitrogen and oxygen atoms in total. The predicted molar refractivity (Wildman–Crippen MR) is 57.3 cm³/mol. The van der Waals surface area contributed by atoms with E-state index in [4.69, 9.17) is 0 Å². The van der Waals surface area contributed by atoms with Crippen molar-refractivity contribution in [2.45, 2.75) is 32.7 Å². The number of aromatic nitrogens is 2. The second kappa shape index (κ2) is 4.13. The molecule has 1 aromatic rings. The maximum atomic E-state index is 4.49. The Hall–Kier alpha value is -0.830. The van der Waals surface area contributed by atoms with Crippen LogP contribution in [0, 0.1) is 5.92 Å². The number of nitrogens with zero attached hydrogens (tertiary/aromatic N) is 2. The van der Waals surface area contributed by atoms with Gasteiger partial charge in [-0.1, -0.05) is 6.92 Å². The number of rotatable bonds is 3. The largest absolute Gasteiger partial charge is 0.334 e. The fraction of sp³-hybridized carbons (Fsp3) is 0.727. The Morgan fingerprint density at radius 1 is 1.64 bits per heavy atom. The molecule has 1 aromatic heterocycles. The second-order valence-corrected chi connectivity index (χ2v) is 4.29. The van der Waals surface area contributed by atoms with Crippen molar-refractivity contribution in [2.75, 3.05) is 13.6 Å². The van der Waals surface area contributed by atoms with Crippen LogP contribution in [-0.4, -0.2) is 23.1 Å². The van der Waals surface area contributed by atoms with Gasteiger partial charge in [0.25, 0.3) is 0 Å². The van der Waals surface area contributed by atoms with Gasteiger partial charge in [-0.2, -0.15) is 0 Å². The predicted octanol–water partition coefficient (Wildman–Crippen LogP) is 1.23. The molecule has 1 aliphatic heterocycles. The molecule has 0 aromatic carbocycles. The van der Waals surface area contributed by atoms with Crippen LogP contribution in [-0.2, 0) is 19.4 Å². The highest BCUT2D eigenvalue weighted by Crippen LogP contribution is 2.21. The topological polar surface area (TPSA) is 29.9 Å². The lowest BCUT2D eigenvalue weighted by Gasteiger charge is -2.21. The number of likely N-dealkylation sites (N-methyl/N-ethyl adjacent to an activating group) is 1. The van der Waals surface area contributed by atoms with Crippen molar-refractivity contribution < 1.29 is 0 Å². The van der Waals surface area contributed by atoms with Crippen LogP contribution in [0.2, 0.25) is 0 Å². The molecule has 0 spiro atoms. The lowest BCUT2D eigenvalue weighted by molar-refractivity contribution is 0.398. The third-order valence-electron chi connectivity index (χ3n) is 3.03. The molecule has 0 bridgehead atoms. The van der Waals surface area contributed by atoms with Gasteiger partial charge in [0.2, 0.25) is 0 Å². The monoisotopic (exact) mass is 193 g/mol. The average Bonchev–Trinajstić information content (AvgIpc) is 2.57. The fourth-order valence-corrected chi connectivity index (χ4v) is 2.16. The van der Waals surface area contributed by atoms with Crippen LogP contribution in [0.3, 0.4) is 0 Å². The highest BCUT2D eigenvalue weighted by Gasteiger charge is 2.18. The lowest BCUT2D eigenvalue weighted by atomic mass is 9.98. The van der Waals surface area contributed by atoms with E-state index in [0.717, 1.165) is 25.4 Å². The van der Waals surface area contributed by atoms with Gasteiger partial charge in [-0.05, 0) is 25.8 Å². The Morgan fingerprint density at radius 2 is 2.50 bits per heavy atom. The Kier molecular flexibility index (Phi) is 2.87. The third kappa shape index (κ3) is 1.82. The van der Waals surface area contributed by atoms with Crippen molar-refractivity contribution in [3.8, 4) is 0 Å². The average molecular weight is 193 g/mol. The first-order chi connectivity index (χ1) is 6.81. The smallest absolute Gasteiger partial charge is 0.0951 e. The van der Waals surface area contributed by atoms with Crippen molar-refractivity contribution in [3.05, 3.63) is 17.7 Å². The molecule has 14 heavy (non-hydrogen) atoms. The summed E-state index contributed by atoms with van der Waals surface area (Å²) in [4.78, 5) is 4.49. The molecule has 78 valence electrons. The molecule has 3 heteroatoms. The molecule has 1 unspecified atom stereocenters. The normalized spacial score (nSPS) is 20.9. The first-order valence-electron chi connectivity index (χ1n) is 5.48. The van der Waals surface area contributed by atoms with Gasteiger partial charge in [0, 0.05) is 25.2 Å². The Bertz CT molecular complexity index is 303. The first kappa shape index (κ1) is 9.71. The zero-order valence-corrected chi connectivity index (χ0v) is 9.08. The van der Waals surface area contributed by atoms with Gasteiger partial charge in [-0.25, -0.2) is 4.98 Å². The van der Waals surface area contributed by atoms with Crippen molar-refractivity contribution in [1.82, 2.24) is 14.9 Å². The molecule has 1 atom stereocenters. The molecule has 2 heterocycles. The summed E-state index contributed by atoms with van der Waals surface area (Å²) in [6, 6.07) is 0. The van der Waals surface area contributed by atoms with Crippen LogP contribution < -0.4 is 5.32 Å². The zero-order chi connectivity index (χ0) is 9.97. The first-order valence-corrected chi connectivity index (χ1v) is 5.48. The summed E-state index contributed by atoms with van der Waals surface area (Å²) in [6.45, 7) is 4.50. The summed E-state index contributed by atoms with van der Waals surface area (Å²) in [5.41, 5.74) is 2.77. The second-order valence-electron chi connectivity index (χ2n) is 4.29. The van der Waals surface area contributed by atoms with Crippen molar-refractivity contribution in [1.29, 1.82) is 0 Å². The molecular formula is C11H19N3. The van der Waals surface area contributed by atoms with E-state index in [1.807, 2.05) is 13.4 Å². The van der Waals surface area contributed by atoms with Crippen LogP contribution in [0.5, 0.6) is 0 Å². The highest BCUT2D eigenvalue weighted by molar-refractivity contribution is 5.15. The van der Waals surface area contributed by atoms with Gasteiger partial charge in [0.15, 0.2) is 0 Å². The maximum Gasteiger partial charge on any atom is 0.0951 e. The van der Waals surface area contributed by atoms with Gasteiger partial charge in [0.05, 0.1) is 12.0 Å². The Balaban J connectivity index is 2.12. The van der Waals surface area contributed by atoms with Crippen LogP contribution in [0.25, 0.3) is 0 Å².